The van der Waals surface area contributed by atoms with Crippen LogP contribution >= 0.6 is 0 Å². The number of anilines is 1. The van der Waals surface area contributed by atoms with Crippen molar-refractivity contribution in [1.82, 2.24) is 4.98 Å². The van der Waals surface area contributed by atoms with E-state index in [2.05, 4.69) is 10.3 Å². The second kappa shape index (κ2) is 6.34. The molecule has 1 aliphatic rings. The van der Waals surface area contributed by atoms with E-state index in [0.717, 1.165) is 6.42 Å². The summed E-state index contributed by atoms with van der Waals surface area (Å²) in [5.41, 5.74) is 1.10. The Bertz CT molecular complexity index is 670. The average Bonchev–Trinajstić information content (AvgIpc) is 2.79. The van der Waals surface area contributed by atoms with Gasteiger partial charge in [0.1, 0.15) is 0 Å². The normalized spacial score (nSPS) is 13.1. The Hall–Kier alpha value is -2.76. The van der Waals surface area contributed by atoms with Gasteiger partial charge in [-0.05, 0) is 18.2 Å². The summed E-state index contributed by atoms with van der Waals surface area (Å²) in [6.07, 6.45) is 2.31. The Balaban J connectivity index is 1.74. The number of rotatable bonds is 3. The summed E-state index contributed by atoms with van der Waals surface area (Å²) in [5.74, 6) is 1.56. The van der Waals surface area contributed by atoms with Crippen LogP contribution in [0.3, 0.4) is 0 Å². The first kappa shape index (κ1) is 14.2. The lowest BCUT2D eigenvalue weighted by molar-refractivity contribution is 0.102. The monoisotopic (exact) mass is 300 g/mol. The molecule has 114 valence electrons. The van der Waals surface area contributed by atoms with Crippen LogP contribution in [-0.2, 0) is 0 Å². The number of carbonyl (C=O) groups excluding carboxylic acids is 1. The minimum absolute atomic E-state index is 0.246. The van der Waals surface area contributed by atoms with Crippen molar-refractivity contribution in [2.75, 3.05) is 25.6 Å². The van der Waals surface area contributed by atoms with Gasteiger partial charge in [0, 0.05) is 30.4 Å². The molecule has 0 bridgehead atoms. The number of benzene rings is 1. The molecule has 2 heterocycles. The van der Waals surface area contributed by atoms with E-state index in [1.54, 1.807) is 30.3 Å². The van der Waals surface area contributed by atoms with Crippen LogP contribution in [0.25, 0.3) is 0 Å². The summed E-state index contributed by atoms with van der Waals surface area (Å²) in [5, 5.41) is 2.81. The number of nitrogens with zero attached hydrogens (tertiary/aromatic N) is 1. The number of nitrogens with one attached hydrogen (secondary N) is 1. The van der Waals surface area contributed by atoms with E-state index in [9.17, 15) is 4.79 Å². The van der Waals surface area contributed by atoms with Crippen LogP contribution in [0.15, 0.2) is 36.5 Å². The van der Waals surface area contributed by atoms with E-state index in [1.807, 2.05) is 0 Å². The molecule has 6 nitrogen and oxygen atoms in total. The van der Waals surface area contributed by atoms with Gasteiger partial charge in [0.2, 0.25) is 5.88 Å². The molecule has 0 atom stereocenters. The molecule has 1 aromatic carbocycles. The fraction of sp³-hybridized carbons (Fsp3) is 0.250. The number of ether oxygens (including phenoxy) is 3. The molecule has 6 heteroatoms. The molecule has 22 heavy (non-hydrogen) atoms. The van der Waals surface area contributed by atoms with E-state index in [-0.39, 0.29) is 5.91 Å². The maximum Gasteiger partial charge on any atom is 0.257 e. The highest BCUT2D eigenvalue weighted by atomic mass is 16.5. The molecule has 1 amide bonds. The Labute approximate surface area is 128 Å². The van der Waals surface area contributed by atoms with Gasteiger partial charge >= 0.3 is 0 Å². The predicted octanol–water partition coefficient (Wildman–Crippen LogP) is 2.50. The van der Waals surface area contributed by atoms with Crippen molar-refractivity contribution >= 4 is 11.6 Å². The van der Waals surface area contributed by atoms with Crippen molar-refractivity contribution in [2.45, 2.75) is 6.42 Å². The Morgan fingerprint density at radius 2 is 2.00 bits per heavy atom. The standard InChI is InChI=1S/C16H16N2O4/c1-20-15-6-3-11(10-17-15)16(19)18-12-4-5-13-14(9-12)22-8-2-7-21-13/h3-6,9-10H,2,7-8H2,1H3,(H,18,19). The minimum Gasteiger partial charge on any atom is -0.490 e. The number of pyridine rings is 1. The summed E-state index contributed by atoms with van der Waals surface area (Å²) in [6.45, 7) is 1.24. The summed E-state index contributed by atoms with van der Waals surface area (Å²) < 4.78 is 16.1. The van der Waals surface area contributed by atoms with E-state index in [0.29, 0.717) is 41.8 Å². The zero-order valence-corrected chi connectivity index (χ0v) is 12.2. The van der Waals surface area contributed by atoms with Gasteiger partial charge in [-0.1, -0.05) is 0 Å². The molecule has 0 saturated heterocycles. The van der Waals surface area contributed by atoms with E-state index < -0.39 is 0 Å². The summed E-state index contributed by atoms with van der Waals surface area (Å²) >= 11 is 0. The molecular weight excluding hydrogens is 284 g/mol. The number of hydrogen-bond acceptors (Lipinski definition) is 5. The molecule has 0 unspecified atom stereocenters. The van der Waals surface area contributed by atoms with E-state index in [1.165, 1.54) is 13.3 Å². The number of methoxy groups -OCH3 is 1. The Morgan fingerprint density at radius 3 is 2.73 bits per heavy atom. The van der Waals surface area contributed by atoms with Gasteiger partial charge in [0.05, 0.1) is 25.9 Å². The number of amides is 1. The van der Waals surface area contributed by atoms with Crippen molar-refractivity contribution < 1.29 is 19.0 Å². The summed E-state index contributed by atoms with van der Waals surface area (Å²) in [4.78, 5) is 16.2. The molecule has 0 saturated carbocycles. The zero-order valence-electron chi connectivity index (χ0n) is 12.2. The Morgan fingerprint density at radius 1 is 1.18 bits per heavy atom. The number of aromatic nitrogens is 1. The molecule has 1 aliphatic heterocycles. The van der Waals surface area contributed by atoms with Gasteiger partial charge in [0.15, 0.2) is 11.5 Å². The van der Waals surface area contributed by atoms with Crippen LogP contribution in [0.1, 0.15) is 16.8 Å². The summed E-state index contributed by atoms with van der Waals surface area (Å²) in [7, 11) is 1.53. The highest BCUT2D eigenvalue weighted by Gasteiger charge is 2.13. The first-order chi connectivity index (χ1) is 10.8. The second-order valence-corrected chi connectivity index (χ2v) is 4.76. The third-order valence-electron chi connectivity index (χ3n) is 3.21. The fourth-order valence-corrected chi connectivity index (χ4v) is 2.08. The van der Waals surface area contributed by atoms with E-state index in [4.69, 9.17) is 14.2 Å². The fourth-order valence-electron chi connectivity index (χ4n) is 2.08. The maximum absolute atomic E-state index is 12.2. The smallest absolute Gasteiger partial charge is 0.257 e. The Kier molecular flexibility index (Phi) is 4.09. The van der Waals surface area contributed by atoms with Crippen LogP contribution in [0.5, 0.6) is 17.4 Å². The maximum atomic E-state index is 12.2. The van der Waals surface area contributed by atoms with Crippen LogP contribution in [0, 0.1) is 0 Å². The second-order valence-electron chi connectivity index (χ2n) is 4.76. The zero-order chi connectivity index (χ0) is 15.4. The van der Waals surface area contributed by atoms with Crippen molar-refractivity contribution in [2.24, 2.45) is 0 Å². The van der Waals surface area contributed by atoms with Crippen LogP contribution in [0.2, 0.25) is 0 Å². The van der Waals surface area contributed by atoms with Gasteiger partial charge in [-0.3, -0.25) is 4.79 Å². The van der Waals surface area contributed by atoms with Crippen molar-refractivity contribution in [1.29, 1.82) is 0 Å². The molecule has 0 aliphatic carbocycles. The number of hydrogen-bond donors (Lipinski definition) is 1. The third kappa shape index (κ3) is 3.11. The predicted molar refractivity (Wildman–Crippen MR) is 80.8 cm³/mol. The molecule has 1 aromatic heterocycles. The van der Waals surface area contributed by atoms with Gasteiger partial charge in [-0.25, -0.2) is 4.98 Å². The largest absolute Gasteiger partial charge is 0.490 e. The lowest BCUT2D eigenvalue weighted by atomic mass is 10.2. The number of carbonyl (C=O) groups is 1. The van der Waals surface area contributed by atoms with Gasteiger partial charge < -0.3 is 19.5 Å². The van der Waals surface area contributed by atoms with Gasteiger partial charge in [-0.2, -0.15) is 0 Å². The number of fused-ring (bicyclic) bond motifs is 1. The van der Waals surface area contributed by atoms with Crippen LogP contribution in [-0.4, -0.2) is 31.2 Å². The molecular formula is C16H16N2O4. The quantitative estimate of drug-likeness (QED) is 0.943. The first-order valence-electron chi connectivity index (χ1n) is 6.97. The first-order valence-corrected chi connectivity index (χ1v) is 6.97. The molecule has 1 N–H and O–H groups in total. The summed E-state index contributed by atoms with van der Waals surface area (Å²) in [6, 6.07) is 8.63. The lowest BCUT2D eigenvalue weighted by Gasteiger charge is -2.10. The highest BCUT2D eigenvalue weighted by molar-refractivity contribution is 6.04. The molecule has 3 rings (SSSR count). The van der Waals surface area contributed by atoms with Gasteiger partial charge in [0.25, 0.3) is 5.91 Å². The third-order valence-corrected chi connectivity index (χ3v) is 3.21. The molecule has 0 fully saturated rings. The van der Waals surface area contributed by atoms with Crippen LogP contribution in [0.4, 0.5) is 5.69 Å². The molecule has 2 aromatic rings. The topological polar surface area (TPSA) is 69.7 Å². The van der Waals surface area contributed by atoms with Crippen molar-refractivity contribution in [3.8, 4) is 17.4 Å². The highest BCUT2D eigenvalue weighted by Crippen LogP contribution is 2.32. The van der Waals surface area contributed by atoms with Crippen LogP contribution < -0.4 is 19.5 Å². The van der Waals surface area contributed by atoms with Crippen molar-refractivity contribution in [3.63, 3.8) is 0 Å². The molecule has 0 radical (unpaired) electrons. The average molecular weight is 300 g/mol. The lowest BCUT2D eigenvalue weighted by Crippen LogP contribution is -2.12. The molecule has 0 spiro atoms. The minimum atomic E-state index is -0.246. The SMILES string of the molecule is COc1ccc(C(=O)Nc2ccc3c(c2)OCCCO3)cn1. The van der Waals surface area contributed by atoms with Crippen molar-refractivity contribution in [3.05, 3.63) is 42.1 Å². The van der Waals surface area contributed by atoms with Gasteiger partial charge in [-0.15, -0.1) is 0 Å². The van der Waals surface area contributed by atoms with E-state index >= 15 is 0 Å².